The summed E-state index contributed by atoms with van der Waals surface area (Å²) in [5, 5.41) is 2.68. The van der Waals surface area contributed by atoms with Crippen molar-refractivity contribution in [3.05, 3.63) is 88.4 Å². The monoisotopic (exact) mass is 475 g/mol. The van der Waals surface area contributed by atoms with Gasteiger partial charge in [0.15, 0.2) is 0 Å². The molecule has 1 N–H and O–H groups in total. The predicted octanol–water partition coefficient (Wildman–Crippen LogP) is 6.88. The van der Waals surface area contributed by atoms with Gasteiger partial charge in [0.1, 0.15) is 0 Å². The van der Waals surface area contributed by atoms with Gasteiger partial charge in [-0.15, -0.1) is 0 Å². The number of benzene rings is 3. The van der Waals surface area contributed by atoms with Gasteiger partial charge >= 0.3 is 0 Å². The van der Waals surface area contributed by atoms with E-state index in [4.69, 9.17) is 16.6 Å². The molecule has 1 aliphatic heterocycles. The quantitative estimate of drug-likeness (QED) is 0.327. The fourth-order valence-electron chi connectivity index (χ4n) is 4.49. The minimum atomic E-state index is -0.0964. The van der Waals surface area contributed by atoms with E-state index in [0.717, 1.165) is 45.2 Å². The molecule has 3 aromatic carbocycles. The number of hydrogen-bond donors (Lipinski definition) is 1. The van der Waals surface area contributed by atoms with E-state index in [1.807, 2.05) is 66.7 Å². The van der Waals surface area contributed by atoms with E-state index in [-0.39, 0.29) is 5.91 Å². The molecular weight excluding hydrogens is 450 g/mol. The standard InChI is InChI=1S/C27H26ClN3OS/c1-31(21-7-3-2-4-8-21)30-27(32)19-13-16-25-23(17-19)29-26(18-11-14-20(28)15-12-18)22-9-5-6-10-24(22)33-25/h5-6,9-17,21H,2-4,7-8H2,1H3,(H,30,32). The van der Waals surface area contributed by atoms with Crippen molar-refractivity contribution in [3.8, 4) is 0 Å². The summed E-state index contributed by atoms with van der Waals surface area (Å²) in [7, 11) is 1.97. The Morgan fingerprint density at radius 1 is 1.00 bits per heavy atom. The number of hydrogen-bond acceptors (Lipinski definition) is 4. The highest BCUT2D eigenvalue weighted by molar-refractivity contribution is 7.99. The van der Waals surface area contributed by atoms with Gasteiger partial charge in [0.05, 0.1) is 11.4 Å². The third-order valence-corrected chi connectivity index (χ3v) is 7.73. The van der Waals surface area contributed by atoms with Crippen LogP contribution in [0.5, 0.6) is 0 Å². The Kier molecular flexibility index (Phi) is 6.54. The van der Waals surface area contributed by atoms with Crippen LogP contribution in [0.1, 0.15) is 53.6 Å². The van der Waals surface area contributed by atoms with Gasteiger partial charge in [-0.3, -0.25) is 10.2 Å². The summed E-state index contributed by atoms with van der Waals surface area (Å²) >= 11 is 7.80. The van der Waals surface area contributed by atoms with Crippen molar-refractivity contribution in [1.29, 1.82) is 0 Å². The van der Waals surface area contributed by atoms with Crippen LogP contribution >= 0.6 is 23.4 Å². The second-order valence-corrected chi connectivity index (χ2v) is 10.1. The first-order valence-corrected chi connectivity index (χ1v) is 12.6. The van der Waals surface area contributed by atoms with Crippen LogP contribution in [0.3, 0.4) is 0 Å². The Morgan fingerprint density at radius 3 is 2.55 bits per heavy atom. The lowest BCUT2D eigenvalue weighted by atomic mass is 9.95. The van der Waals surface area contributed by atoms with Gasteiger partial charge in [-0.05, 0) is 49.2 Å². The molecule has 0 bridgehead atoms. The lowest BCUT2D eigenvalue weighted by Gasteiger charge is -2.31. The summed E-state index contributed by atoms with van der Waals surface area (Å²) in [6.45, 7) is 0. The van der Waals surface area contributed by atoms with E-state index in [1.54, 1.807) is 11.8 Å². The highest BCUT2D eigenvalue weighted by Crippen LogP contribution is 2.41. The summed E-state index contributed by atoms with van der Waals surface area (Å²) in [4.78, 5) is 20.3. The number of nitrogens with one attached hydrogen (secondary N) is 1. The first-order chi connectivity index (χ1) is 16.1. The summed E-state index contributed by atoms with van der Waals surface area (Å²) in [5.41, 5.74) is 7.44. The van der Waals surface area contributed by atoms with E-state index in [9.17, 15) is 4.79 Å². The highest BCUT2D eigenvalue weighted by Gasteiger charge is 2.22. The molecule has 1 amide bonds. The fraction of sp³-hybridized carbons (Fsp3) is 0.259. The topological polar surface area (TPSA) is 44.7 Å². The molecule has 1 heterocycles. The molecule has 0 atom stereocenters. The zero-order valence-corrected chi connectivity index (χ0v) is 20.1. The molecule has 4 nitrogen and oxygen atoms in total. The number of halogens is 1. The Hall–Kier alpha value is -2.60. The molecule has 6 heteroatoms. The van der Waals surface area contributed by atoms with Gasteiger partial charge in [-0.25, -0.2) is 10.0 Å². The lowest BCUT2D eigenvalue weighted by Crippen LogP contribution is -2.46. The third-order valence-electron chi connectivity index (χ3n) is 6.33. The number of hydrazine groups is 1. The Bertz CT molecular complexity index is 1200. The number of aliphatic imine (C=N–C) groups is 1. The minimum Gasteiger partial charge on any atom is -0.285 e. The summed E-state index contributed by atoms with van der Waals surface area (Å²) in [6, 6.07) is 22.2. The van der Waals surface area contributed by atoms with E-state index in [0.29, 0.717) is 16.6 Å². The summed E-state index contributed by atoms with van der Waals surface area (Å²) in [5.74, 6) is -0.0964. The van der Waals surface area contributed by atoms with E-state index in [2.05, 4.69) is 17.6 Å². The van der Waals surface area contributed by atoms with Gasteiger partial charge in [0.25, 0.3) is 5.91 Å². The highest BCUT2D eigenvalue weighted by atomic mass is 35.5. The minimum absolute atomic E-state index is 0.0964. The van der Waals surface area contributed by atoms with Crippen molar-refractivity contribution in [2.24, 2.45) is 4.99 Å². The molecule has 33 heavy (non-hydrogen) atoms. The molecule has 0 unspecified atom stereocenters. The maximum absolute atomic E-state index is 13.1. The van der Waals surface area contributed by atoms with E-state index >= 15 is 0 Å². The second kappa shape index (κ2) is 9.72. The molecule has 1 saturated carbocycles. The predicted molar refractivity (Wildman–Crippen MR) is 136 cm³/mol. The van der Waals surface area contributed by atoms with Crippen LogP contribution in [-0.2, 0) is 0 Å². The van der Waals surface area contributed by atoms with Crippen molar-refractivity contribution < 1.29 is 4.79 Å². The van der Waals surface area contributed by atoms with Crippen molar-refractivity contribution in [3.63, 3.8) is 0 Å². The smallest absolute Gasteiger partial charge is 0.265 e. The number of rotatable bonds is 4. The average molecular weight is 476 g/mol. The molecule has 1 fully saturated rings. The van der Waals surface area contributed by atoms with Crippen LogP contribution in [0, 0.1) is 0 Å². The number of fused-ring (bicyclic) bond motifs is 2. The van der Waals surface area contributed by atoms with Crippen LogP contribution < -0.4 is 5.43 Å². The number of carbonyl (C=O) groups excluding carboxylic acids is 1. The molecule has 0 saturated heterocycles. The molecule has 168 valence electrons. The first-order valence-electron chi connectivity index (χ1n) is 11.4. The maximum Gasteiger partial charge on any atom is 0.265 e. The lowest BCUT2D eigenvalue weighted by molar-refractivity contribution is 0.0711. The molecule has 0 aromatic heterocycles. The Morgan fingerprint density at radius 2 is 1.76 bits per heavy atom. The van der Waals surface area contributed by atoms with Gasteiger partial charge in [-0.1, -0.05) is 73.0 Å². The van der Waals surface area contributed by atoms with Crippen LogP contribution in [0.15, 0.2) is 81.5 Å². The van der Waals surface area contributed by atoms with Crippen molar-refractivity contribution in [2.75, 3.05) is 7.05 Å². The van der Waals surface area contributed by atoms with E-state index < -0.39 is 0 Å². The van der Waals surface area contributed by atoms with Crippen molar-refractivity contribution in [2.45, 2.75) is 47.9 Å². The van der Waals surface area contributed by atoms with E-state index in [1.165, 1.54) is 19.3 Å². The maximum atomic E-state index is 13.1. The van der Waals surface area contributed by atoms with Crippen LogP contribution in [0.2, 0.25) is 5.02 Å². The molecular formula is C27H26ClN3OS. The molecule has 0 spiro atoms. The molecule has 5 rings (SSSR count). The average Bonchev–Trinajstić information content (AvgIpc) is 3.01. The largest absolute Gasteiger partial charge is 0.285 e. The van der Waals surface area contributed by atoms with Gasteiger partial charge in [0.2, 0.25) is 0 Å². The summed E-state index contributed by atoms with van der Waals surface area (Å²) < 4.78 is 0. The third kappa shape index (κ3) is 4.86. The second-order valence-electron chi connectivity index (χ2n) is 8.59. The zero-order chi connectivity index (χ0) is 22.8. The van der Waals surface area contributed by atoms with Gasteiger partial charge < -0.3 is 0 Å². The number of amides is 1. The van der Waals surface area contributed by atoms with Crippen LogP contribution in [0.25, 0.3) is 0 Å². The Labute approximate surface area is 204 Å². The van der Waals surface area contributed by atoms with Crippen molar-refractivity contribution >= 4 is 40.7 Å². The molecule has 2 aliphatic rings. The number of carbonyl (C=O) groups is 1. The molecule has 1 aliphatic carbocycles. The van der Waals surface area contributed by atoms with Gasteiger partial charge in [0, 0.05) is 44.6 Å². The summed E-state index contributed by atoms with van der Waals surface area (Å²) in [6.07, 6.45) is 6.00. The number of nitrogens with zero attached hydrogens (tertiary/aromatic N) is 2. The first kappa shape index (κ1) is 22.2. The SMILES string of the molecule is CN(NC(=O)c1ccc2c(c1)N=C(c1ccc(Cl)cc1)c1ccccc1S2)C1CCCCC1. The fourth-order valence-corrected chi connectivity index (χ4v) is 5.62. The zero-order valence-electron chi connectivity index (χ0n) is 18.6. The van der Waals surface area contributed by atoms with Crippen molar-refractivity contribution in [1.82, 2.24) is 10.4 Å². The Balaban J connectivity index is 1.48. The molecule has 3 aromatic rings. The normalized spacial score (nSPS) is 15.9. The molecule has 0 radical (unpaired) electrons. The van der Waals surface area contributed by atoms with Crippen LogP contribution in [-0.4, -0.2) is 29.7 Å². The van der Waals surface area contributed by atoms with Gasteiger partial charge in [-0.2, -0.15) is 0 Å². The van der Waals surface area contributed by atoms with Crippen LogP contribution in [0.4, 0.5) is 5.69 Å².